The predicted octanol–water partition coefficient (Wildman–Crippen LogP) is 5.13. The SMILES string of the molecule is CCCC[C@@]1(CC)CN(c2ccccc2)c2cc(SC)c(OCC(C)(O)C(=O)O)cc2S(=O)(=O)C1. The predicted molar refractivity (Wildman–Crippen MR) is 140 cm³/mol. The molecule has 0 saturated carbocycles. The summed E-state index contributed by atoms with van der Waals surface area (Å²) in [5, 5.41) is 19.4. The minimum absolute atomic E-state index is 0.0255. The number of sulfone groups is 1. The van der Waals surface area contributed by atoms with Crippen LogP contribution in [0.2, 0.25) is 0 Å². The molecule has 0 bridgehead atoms. The van der Waals surface area contributed by atoms with Gasteiger partial charge in [0.25, 0.3) is 0 Å². The van der Waals surface area contributed by atoms with Crippen LogP contribution in [0.25, 0.3) is 0 Å². The number of para-hydroxylation sites is 1. The molecule has 0 fully saturated rings. The maximum atomic E-state index is 13.8. The van der Waals surface area contributed by atoms with Gasteiger partial charge in [0.15, 0.2) is 15.4 Å². The van der Waals surface area contributed by atoms with Crippen molar-refractivity contribution in [1.29, 1.82) is 0 Å². The van der Waals surface area contributed by atoms with Gasteiger partial charge in [-0.15, -0.1) is 11.8 Å². The summed E-state index contributed by atoms with van der Waals surface area (Å²) in [5.74, 6) is -1.14. The van der Waals surface area contributed by atoms with Crippen molar-refractivity contribution in [1.82, 2.24) is 0 Å². The fourth-order valence-corrected chi connectivity index (χ4v) is 7.15. The number of carboxylic acid groups (broad SMARTS) is 1. The summed E-state index contributed by atoms with van der Waals surface area (Å²) < 4.78 is 33.4. The Morgan fingerprint density at radius 2 is 1.91 bits per heavy atom. The van der Waals surface area contributed by atoms with Crippen molar-refractivity contribution >= 4 is 38.9 Å². The largest absolute Gasteiger partial charge is 0.489 e. The van der Waals surface area contributed by atoms with E-state index >= 15 is 0 Å². The van der Waals surface area contributed by atoms with Gasteiger partial charge < -0.3 is 19.8 Å². The lowest BCUT2D eigenvalue weighted by molar-refractivity contribution is -0.159. The Kier molecular flexibility index (Phi) is 8.44. The van der Waals surface area contributed by atoms with Crippen LogP contribution in [-0.2, 0) is 14.6 Å². The van der Waals surface area contributed by atoms with Crippen LogP contribution in [0.3, 0.4) is 0 Å². The number of nitrogens with zero attached hydrogens (tertiary/aromatic N) is 1. The van der Waals surface area contributed by atoms with Crippen molar-refractivity contribution in [3.63, 3.8) is 0 Å². The molecule has 0 aromatic heterocycles. The van der Waals surface area contributed by atoms with Crippen molar-refractivity contribution in [2.75, 3.05) is 30.1 Å². The minimum Gasteiger partial charge on any atom is -0.489 e. The zero-order chi connectivity index (χ0) is 25.9. The molecule has 2 atom stereocenters. The highest BCUT2D eigenvalue weighted by Crippen LogP contribution is 2.47. The van der Waals surface area contributed by atoms with Gasteiger partial charge in [0.05, 0.1) is 21.2 Å². The first-order chi connectivity index (χ1) is 16.5. The molecule has 0 spiro atoms. The van der Waals surface area contributed by atoms with Gasteiger partial charge in [0.2, 0.25) is 0 Å². The molecule has 192 valence electrons. The van der Waals surface area contributed by atoms with Crippen LogP contribution in [-0.4, -0.2) is 55.4 Å². The third kappa shape index (κ3) is 5.95. The van der Waals surface area contributed by atoms with Crippen LogP contribution < -0.4 is 9.64 Å². The first-order valence-corrected chi connectivity index (χ1v) is 14.7. The highest BCUT2D eigenvalue weighted by atomic mass is 32.2. The Hall–Kier alpha value is -2.23. The number of benzene rings is 2. The highest BCUT2D eigenvalue weighted by Gasteiger charge is 2.42. The first-order valence-electron chi connectivity index (χ1n) is 11.8. The van der Waals surface area contributed by atoms with Crippen molar-refractivity contribution in [2.45, 2.75) is 61.8 Å². The molecule has 1 aliphatic heterocycles. The first kappa shape index (κ1) is 27.4. The summed E-state index contributed by atoms with van der Waals surface area (Å²) in [6, 6.07) is 13.1. The molecular weight excluding hydrogens is 486 g/mol. The van der Waals surface area contributed by atoms with E-state index in [0.717, 1.165) is 38.3 Å². The Morgan fingerprint density at radius 3 is 2.49 bits per heavy atom. The van der Waals surface area contributed by atoms with Gasteiger partial charge in [-0.25, -0.2) is 13.2 Å². The molecule has 0 aliphatic carbocycles. The highest BCUT2D eigenvalue weighted by molar-refractivity contribution is 7.98. The van der Waals surface area contributed by atoms with Crippen molar-refractivity contribution < 1.29 is 28.2 Å². The number of aliphatic hydroxyl groups is 1. The van der Waals surface area contributed by atoms with Crippen molar-refractivity contribution in [3.05, 3.63) is 42.5 Å². The molecule has 2 aromatic rings. The second kappa shape index (κ2) is 10.8. The van der Waals surface area contributed by atoms with Crippen LogP contribution in [0.15, 0.2) is 52.3 Å². The van der Waals surface area contributed by atoms with Crippen LogP contribution in [0.5, 0.6) is 5.75 Å². The fraction of sp³-hybridized carbons (Fsp3) is 0.500. The molecule has 2 aromatic carbocycles. The molecule has 3 rings (SSSR count). The van der Waals surface area contributed by atoms with E-state index in [2.05, 4.69) is 18.7 Å². The number of hydrogen-bond acceptors (Lipinski definition) is 7. The summed E-state index contributed by atoms with van der Waals surface area (Å²) in [4.78, 5) is 14.3. The van der Waals surface area contributed by atoms with Crippen molar-refractivity contribution in [2.24, 2.45) is 5.41 Å². The monoisotopic (exact) mass is 521 g/mol. The molecule has 0 amide bonds. The van der Waals surface area contributed by atoms with Gasteiger partial charge in [0.1, 0.15) is 12.4 Å². The lowest BCUT2D eigenvalue weighted by Crippen LogP contribution is -2.41. The lowest BCUT2D eigenvalue weighted by atomic mass is 9.81. The molecule has 35 heavy (non-hydrogen) atoms. The number of unbranched alkanes of at least 4 members (excludes halogenated alkanes) is 1. The second-order valence-electron chi connectivity index (χ2n) is 9.48. The molecule has 1 aliphatic rings. The van der Waals surface area contributed by atoms with Gasteiger partial charge in [-0.05, 0) is 44.2 Å². The lowest BCUT2D eigenvalue weighted by Gasteiger charge is -2.36. The van der Waals surface area contributed by atoms with Gasteiger partial charge in [-0.2, -0.15) is 0 Å². The molecule has 9 heteroatoms. The number of hydrogen-bond donors (Lipinski definition) is 2. The van der Waals surface area contributed by atoms with Crippen LogP contribution in [0, 0.1) is 5.41 Å². The standard InChI is InChI=1S/C26H35NO6S2/c1-5-7-13-26(6-2)16-27(19-11-9-8-10-12-19)20-14-22(34-4)21(15-23(20)35(31,32)18-26)33-17-25(3,30)24(28)29/h8-12,14-15,30H,5-7,13,16-18H2,1-4H3,(H,28,29)/t25?,26-/m0/s1. The summed E-state index contributed by atoms with van der Waals surface area (Å²) in [6.07, 6.45) is 5.30. The molecule has 2 N–H and O–H groups in total. The number of ether oxygens (including phenoxy) is 1. The number of rotatable bonds is 10. The average molecular weight is 522 g/mol. The van der Waals surface area contributed by atoms with Gasteiger partial charge in [0, 0.05) is 23.7 Å². The van der Waals surface area contributed by atoms with Gasteiger partial charge in [-0.1, -0.05) is 44.9 Å². The van der Waals surface area contributed by atoms with Crippen molar-refractivity contribution in [3.8, 4) is 5.75 Å². The van der Waals surface area contributed by atoms with E-state index in [0.29, 0.717) is 17.1 Å². The average Bonchev–Trinajstić information content (AvgIpc) is 2.93. The number of carbonyl (C=O) groups is 1. The smallest absolute Gasteiger partial charge is 0.339 e. The molecular formula is C26H35NO6S2. The molecule has 0 radical (unpaired) electrons. The maximum Gasteiger partial charge on any atom is 0.339 e. The Morgan fingerprint density at radius 1 is 1.23 bits per heavy atom. The quantitative estimate of drug-likeness (QED) is 0.415. The third-order valence-electron chi connectivity index (χ3n) is 6.71. The molecule has 1 heterocycles. The number of anilines is 2. The minimum atomic E-state index is -3.70. The van der Waals surface area contributed by atoms with E-state index in [-0.39, 0.29) is 16.4 Å². The van der Waals surface area contributed by atoms with Gasteiger partial charge >= 0.3 is 5.97 Å². The Bertz CT molecular complexity index is 1150. The summed E-state index contributed by atoms with van der Waals surface area (Å²) in [7, 11) is -3.70. The summed E-state index contributed by atoms with van der Waals surface area (Å²) >= 11 is 1.38. The fourth-order valence-electron chi connectivity index (χ4n) is 4.42. The van der Waals surface area contributed by atoms with E-state index in [4.69, 9.17) is 4.74 Å². The normalized spacial score (nSPS) is 21.0. The van der Waals surface area contributed by atoms with Crippen LogP contribution in [0.1, 0.15) is 46.5 Å². The number of thioether (sulfide) groups is 1. The third-order valence-corrected chi connectivity index (χ3v) is 9.46. The van der Waals surface area contributed by atoms with E-state index in [9.17, 15) is 23.4 Å². The summed E-state index contributed by atoms with van der Waals surface area (Å²) in [6.45, 7) is 5.38. The maximum absolute atomic E-state index is 13.8. The van der Waals surface area contributed by atoms with E-state index in [1.165, 1.54) is 17.8 Å². The zero-order valence-corrected chi connectivity index (χ0v) is 22.4. The second-order valence-corrected chi connectivity index (χ2v) is 12.3. The molecule has 0 saturated heterocycles. The summed E-state index contributed by atoms with van der Waals surface area (Å²) in [5.41, 5.74) is -1.02. The number of fused-ring (bicyclic) bond motifs is 1. The number of carboxylic acids is 1. The topological polar surface area (TPSA) is 104 Å². The van der Waals surface area contributed by atoms with Gasteiger partial charge in [-0.3, -0.25) is 0 Å². The van der Waals surface area contributed by atoms with E-state index in [1.807, 2.05) is 36.6 Å². The van der Waals surface area contributed by atoms with E-state index in [1.54, 1.807) is 6.07 Å². The zero-order valence-electron chi connectivity index (χ0n) is 20.8. The van der Waals surface area contributed by atoms with Crippen LogP contribution >= 0.6 is 11.8 Å². The Labute approximate surface area is 212 Å². The Balaban J connectivity index is 2.19. The molecule has 7 nitrogen and oxygen atoms in total. The van der Waals surface area contributed by atoms with E-state index < -0.39 is 33.4 Å². The molecule has 1 unspecified atom stereocenters. The number of aliphatic carboxylic acids is 1. The van der Waals surface area contributed by atoms with Crippen LogP contribution in [0.4, 0.5) is 11.4 Å².